The summed E-state index contributed by atoms with van der Waals surface area (Å²) in [6.45, 7) is 13.4. The van der Waals surface area contributed by atoms with Crippen molar-refractivity contribution in [2.45, 2.75) is 63.7 Å². The summed E-state index contributed by atoms with van der Waals surface area (Å²) in [5, 5.41) is 0. The highest BCUT2D eigenvalue weighted by atomic mass is 32.1. The number of carbonyl (C=O) groups excluding carboxylic acids is 1. The predicted octanol–water partition coefficient (Wildman–Crippen LogP) is 5.86. The molecule has 2 aromatic rings. The number of thiol groups is 1. The highest BCUT2D eigenvalue weighted by Crippen LogP contribution is 2.39. The van der Waals surface area contributed by atoms with E-state index in [0.29, 0.717) is 0 Å². The first-order chi connectivity index (χ1) is 12.3. The number of hydrogen-bond acceptors (Lipinski definition) is 2. The van der Waals surface area contributed by atoms with Crippen molar-refractivity contribution in [2.75, 3.05) is 14.1 Å². The number of hydrogen-bond donors (Lipinski definition) is 1. The number of amides is 1. The molecule has 0 saturated carbocycles. The Labute approximate surface area is 170 Å². The quantitative estimate of drug-likeness (QED) is 0.658. The average molecular weight is 384 g/mol. The van der Waals surface area contributed by atoms with Crippen LogP contribution in [-0.4, -0.2) is 24.9 Å². The monoisotopic (exact) mass is 383 g/mol. The Balaban J connectivity index is 2.44. The van der Waals surface area contributed by atoms with E-state index < -0.39 is 0 Å². The van der Waals surface area contributed by atoms with Crippen LogP contribution in [0, 0.1) is 0 Å². The van der Waals surface area contributed by atoms with E-state index in [-0.39, 0.29) is 16.7 Å². The van der Waals surface area contributed by atoms with Crippen LogP contribution in [0.2, 0.25) is 0 Å². The van der Waals surface area contributed by atoms with Gasteiger partial charge in [-0.15, -0.1) is 12.6 Å². The van der Waals surface area contributed by atoms with Crippen molar-refractivity contribution in [1.29, 1.82) is 0 Å². The Kier molecular flexibility index (Phi) is 6.16. The average Bonchev–Trinajstić information content (AvgIpc) is 2.52. The fourth-order valence-electron chi connectivity index (χ4n) is 3.47. The maximum absolute atomic E-state index is 12.1. The molecule has 0 aromatic heterocycles. The molecular weight excluding hydrogens is 350 g/mol. The first kappa shape index (κ1) is 21.6. The summed E-state index contributed by atoms with van der Waals surface area (Å²) in [4.78, 5) is 14.8. The lowest BCUT2D eigenvalue weighted by Gasteiger charge is -2.30. The summed E-state index contributed by atoms with van der Waals surface area (Å²) < 4.78 is 0. The zero-order valence-electron chi connectivity index (χ0n) is 18.0. The fraction of sp³-hybridized carbons (Fsp3) is 0.458. The van der Waals surface area contributed by atoms with Gasteiger partial charge in [0.1, 0.15) is 0 Å². The van der Waals surface area contributed by atoms with Gasteiger partial charge in [-0.3, -0.25) is 4.79 Å². The maximum atomic E-state index is 12.1. The second kappa shape index (κ2) is 7.71. The van der Waals surface area contributed by atoms with E-state index in [0.717, 1.165) is 16.9 Å². The van der Waals surface area contributed by atoms with Crippen molar-refractivity contribution in [1.82, 2.24) is 4.90 Å². The van der Waals surface area contributed by atoms with Gasteiger partial charge in [0.15, 0.2) is 0 Å². The van der Waals surface area contributed by atoms with Crippen molar-refractivity contribution >= 4 is 18.5 Å². The van der Waals surface area contributed by atoms with Crippen molar-refractivity contribution in [2.24, 2.45) is 0 Å². The molecule has 0 spiro atoms. The second-order valence-corrected chi connectivity index (χ2v) is 10.0. The minimum absolute atomic E-state index is 0.00844. The third kappa shape index (κ3) is 4.95. The summed E-state index contributed by atoms with van der Waals surface area (Å²) in [6, 6.07) is 12.4. The van der Waals surface area contributed by atoms with Gasteiger partial charge in [-0.05, 0) is 51.6 Å². The van der Waals surface area contributed by atoms with Crippen LogP contribution in [-0.2, 0) is 17.3 Å². The van der Waals surface area contributed by atoms with Crippen molar-refractivity contribution in [3.05, 3.63) is 64.2 Å². The molecule has 0 saturated heterocycles. The van der Waals surface area contributed by atoms with Gasteiger partial charge in [-0.1, -0.05) is 65.8 Å². The van der Waals surface area contributed by atoms with Crippen LogP contribution in [0.3, 0.4) is 0 Å². The van der Waals surface area contributed by atoms with Gasteiger partial charge in [0.05, 0.1) is 0 Å². The van der Waals surface area contributed by atoms with E-state index in [9.17, 15) is 4.79 Å². The summed E-state index contributed by atoms with van der Waals surface area (Å²) in [6.07, 6.45) is 0.834. The molecule has 0 fully saturated rings. The summed E-state index contributed by atoms with van der Waals surface area (Å²) in [5.74, 6) is 0.0316. The molecule has 2 aromatic carbocycles. The Hall–Kier alpha value is -1.74. The first-order valence-electron chi connectivity index (χ1n) is 9.48. The Morgan fingerprint density at radius 3 is 1.89 bits per heavy atom. The third-order valence-electron chi connectivity index (χ3n) is 4.82. The normalized spacial score (nSPS) is 12.2. The van der Waals surface area contributed by atoms with Crippen molar-refractivity contribution < 1.29 is 4.79 Å². The van der Waals surface area contributed by atoms with Gasteiger partial charge in [0.2, 0.25) is 0 Å². The summed E-state index contributed by atoms with van der Waals surface area (Å²) >= 11 is 4.95. The largest absolute Gasteiger partial charge is 0.345 e. The molecular formula is C24H33NOS. The zero-order valence-corrected chi connectivity index (χ0v) is 18.9. The van der Waals surface area contributed by atoms with Crippen LogP contribution < -0.4 is 0 Å². The Bertz CT molecular complexity index is 821. The van der Waals surface area contributed by atoms with E-state index in [1.807, 2.05) is 12.1 Å². The molecule has 0 aliphatic heterocycles. The van der Waals surface area contributed by atoms with E-state index in [1.54, 1.807) is 19.0 Å². The molecule has 3 heteroatoms. The standard InChI is InChI=1S/C24H33NOS/c1-23(2,3)19-14-13-18(20(21(19)27)24(4,5)6)15-16-9-11-17(12-10-16)22(26)25(7)8/h9-14,27H,15H2,1-8H3. The van der Waals surface area contributed by atoms with Crippen LogP contribution in [0.15, 0.2) is 41.3 Å². The SMILES string of the molecule is CN(C)C(=O)c1ccc(Cc2ccc(C(C)(C)C)c(S)c2C(C)(C)C)cc1. The van der Waals surface area contributed by atoms with Gasteiger partial charge in [-0.25, -0.2) is 0 Å². The van der Waals surface area contributed by atoms with E-state index >= 15 is 0 Å². The highest BCUT2D eigenvalue weighted by molar-refractivity contribution is 7.80. The molecule has 0 N–H and O–H groups in total. The molecule has 1 amide bonds. The first-order valence-corrected chi connectivity index (χ1v) is 9.93. The number of benzene rings is 2. The lowest BCUT2D eigenvalue weighted by atomic mass is 9.77. The lowest BCUT2D eigenvalue weighted by Crippen LogP contribution is -2.21. The predicted molar refractivity (Wildman–Crippen MR) is 118 cm³/mol. The van der Waals surface area contributed by atoms with Gasteiger partial charge in [0, 0.05) is 24.6 Å². The van der Waals surface area contributed by atoms with E-state index in [1.165, 1.54) is 22.3 Å². The second-order valence-electron chi connectivity index (χ2n) is 9.57. The van der Waals surface area contributed by atoms with E-state index in [4.69, 9.17) is 12.6 Å². The highest BCUT2D eigenvalue weighted by Gasteiger charge is 2.26. The molecule has 0 radical (unpaired) electrons. The fourth-order valence-corrected chi connectivity index (χ4v) is 4.35. The van der Waals surface area contributed by atoms with Crippen LogP contribution in [0.1, 0.15) is 74.2 Å². The van der Waals surface area contributed by atoms with Crippen LogP contribution >= 0.6 is 12.6 Å². The smallest absolute Gasteiger partial charge is 0.253 e. The molecule has 0 aliphatic rings. The lowest BCUT2D eigenvalue weighted by molar-refractivity contribution is 0.0827. The molecule has 2 nitrogen and oxygen atoms in total. The topological polar surface area (TPSA) is 20.3 Å². The molecule has 0 aliphatic carbocycles. The minimum atomic E-state index is 0.00844. The van der Waals surface area contributed by atoms with Crippen molar-refractivity contribution in [3.8, 4) is 0 Å². The number of carbonyl (C=O) groups is 1. The number of nitrogens with zero attached hydrogens (tertiary/aromatic N) is 1. The molecule has 0 bridgehead atoms. The molecule has 27 heavy (non-hydrogen) atoms. The van der Waals surface area contributed by atoms with Gasteiger partial charge >= 0.3 is 0 Å². The van der Waals surface area contributed by atoms with Gasteiger partial charge in [-0.2, -0.15) is 0 Å². The number of rotatable bonds is 3. The van der Waals surface area contributed by atoms with Crippen molar-refractivity contribution in [3.63, 3.8) is 0 Å². The van der Waals surface area contributed by atoms with Crippen LogP contribution in [0.5, 0.6) is 0 Å². The molecule has 0 heterocycles. The Morgan fingerprint density at radius 1 is 0.889 bits per heavy atom. The molecule has 0 unspecified atom stereocenters. The molecule has 2 rings (SSSR count). The third-order valence-corrected chi connectivity index (χ3v) is 5.29. The molecule has 146 valence electrons. The summed E-state index contributed by atoms with van der Waals surface area (Å²) in [7, 11) is 3.55. The van der Waals surface area contributed by atoms with Crippen LogP contribution in [0.4, 0.5) is 0 Å². The Morgan fingerprint density at radius 2 is 1.44 bits per heavy atom. The zero-order chi connectivity index (χ0) is 20.6. The molecule has 0 atom stereocenters. The van der Waals surface area contributed by atoms with E-state index in [2.05, 4.69) is 65.8 Å². The summed E-state index contributed by atoms with van der Waals surface area (Å²) in [5.41, 5.74) is 5.88. The van der Waals surface area contributed by atoms with Gasteiger partial charge in [0.25, 0.3) is 5.91 Å². The van der Waals surface area contributed by atoms with Crippen LogP contribution in [0.25, 0.3) is 0 Å². The maximum Gasteiger partial charge on any atom is 0.253 e. The minimum Gasteiger partial charge on any atom is -0.345 e. The van der Waals surface area contributed by atoms with Gasteiger partial charge < -0.3 is 4.90 Å².